The van der Waals surface area contributed by atoms with Crippen LogP contribution in [-0.4, -0.2) is 61.2 Å². The Morgan fingerprint density at radius 1 is 1.30 bits per heavy atom. The van der Waals surface area contributed by atoms with Crippen LogP contribution in [0.15, 0.2) is 33.2 Å². The zero-order valence-corrected chi connectivity index (χ0v) is 17.2. The highest BCUT2D eigenvalue weighted by molar-refractivity contribution is 9.10. The van der Waals surface area contributed by atoms with Crippen molar-refractivity contribution in [3.8, 4) is 0 Å². The lowest BCUT2D eigenvalue weighted by Crippen LogP contribution is -2.49. The molecular weight excluding hydrogens is 432 g/mol. The topological polar surface area (TPSA) is 76.3 Å². The summed E-state index contributed by atoms with van der Waals surface area (Å²) in [5.74, 6) is -0.0611. The minimum Gasteiger partial charge on any atom is -0.339 e. The molecule has 4 heterocycles. The van der Waals surface area contributed by atoms with Crippen LogP contribution in [0.3, 0.4) is 0 Å². The minimum atomic E-state index is -0.260. The van der Waals surface area contributed by atoms with Crippen molar-refractivity contribution in [3.05, 3.63) is 43.7 Å². The van der Waals surface area contributed by atoms with Crippen molar-refractivity contribution >= 4 is 44.2 Å². The molecule has 0 bridgehead atoms. The summed E-state index contributed by atoms with van der Waals surface area (Å²) < 4.78 is 3.34. The van der Waals surface area contributed by atoms with Crippen molar-refractivity contribution in [2.75, 3.05) is 26.2 Å². The maximum Gasteiger partial charge on any atom is 0.266 e. The van der Waals surface area contributed by atoms with E-state index in [2.05, 4.69) is 48.4 Å². The molecular formula is C17H19BrN6O2S. The molecule has 3 aromatic heterocycles. The number of thiophene rings is 1. The predicted octanol–water partition coefficient (Wildman–Crippen LogP) is 1.30. The molecule has 4 rings (SSSR count). The molecule has 0 radical (unpaired) electrons. The molecule has 1 aliphatic rings. The van der Waals surface area contributed by atoms with E-state index in [9.17, 15) is 9.59 Å². The molecule has 27 heavy (non-hydrogen) atoms. The second kappa shape index (κ2) is 7.53. The van der Waals surface area contributed by atoms with Gasteiger partial charge in [-0.05, 0) is 27.4 Å². The molecule has 8 nitrogen and oxygen atoms in total. The second-order valence-electron chi connectivity index (χ2n) is 6.53. The van der Waals surface area contributed by atoms with Gasteiger partial charge in [-0.1, -0.05) is 6.07 Å². The highest BCUT2D eigenvalue weighted by atomic mass is 79.9. The maximum absolute atomic E-state index is 12.7. The number of aryl methyl sites for hydroxylation is 1. The lowest BCUT2D eigenvalue weighted by atomic mass is 10.3. The first-order chi connectivity index (χ1) is 13.0. The molecule has 0 aliphatic carbocycles. The van der Waals surface area contributed by atoms with E-state index in [1.807, 2.05) is 4.90 Å². The molecule has 1 aliphatic heterocycles. The van der Waals surface area contributed by atoms with Crippen LogP contribution in [0.2, 0.25) is 0 Å². The van der Waals surface area contributed by atoms with Gasteiger partial charge in [0.1, 0.15) is 22.9 Å². The monoisotopic (exact) mass is 450 g/mol. The number of nitrogens with zero attached hydrogens (tertiary/aromatic N) is 6. The van der Waals surface area contributed by atoms with E-state index in [-0.39, 0.29) is 18.0 Å². The highest BCUT2D eigenvalue weighted by Gasteiger charge is 2.22. The Bertz CT molecular complexity index is 1020. The molecule has 0 saturated carbocycles. The third kappa shape index (κ3) is 3.69. The first-order valence-corrected chi connectivity index (χ1v) is 10.3. The van der Waals surface area contributed by atoms with Gasteiger partial charge in [-0.2, -0.15) is 5.10 Å². The summed E-state index contributed by atoms with van der Waals surface area (Å²) in [6.45, 7) is 3.94. The fourth-order valence-corrected chi connectivity index (χ4v) is 4.60. The summed E-state index contributed by atoms with van der Waals surface area (Å²) in [6.07, 6.45) is 1.42. The molecule has 0 unspecified atom stereocenters. The second-order valence-corrected chi connectivity index (χ2v) is 8.31. The molecule has 1 fully saturated rings. The van der Waals surface area contributed by atoms with Gasteiger partial charge in [-0.25, -0.2) is 9.67 Å². The van der Waals surface area contributed by atoms with Gasteiger partial charge >= 0.3 is 0 Å². The van der Waals surface area contributed by atoms with Crippen LogP contribution in [0.5, 0.6) is 0 Å². The summed E-state index contributed by atoms with van der Waals surface area (Å²) in [7, 11) is 1.73. The summed E-state index contributed by atoms with van der Waals surface area (Å²) in [5.41, 5.74) is 0.238. The number of carbonyl (C=O) groups excluding carboxylic acids is 1. The Morgan fingerprint density at radius 2 is 2.07 bits per heavy atom. The zero-order valence-electron chi connectivity index (χ0n) is 14.8. The number of amides is 1. The largest absolute Gasteiger partial charge is 0.339 e. The number of fused-ring (bicyclic) bond motifs is 1. The average molecular weight is 451 g/mol. The Morgan fingerprint density at radius 3 is 2.78 bits per heavy atom. The van der Waals surface area contributed by atoms with Gasteiger partial charge in [0.05, 0.1) is 0 Å². The standard InChI is InChI=1S/C17H19BrN6O2S/c1-21-16-14(15(18)20-21)17(26)24(11-19-16)10-13(25)23-6-4-22(5-7-23)9-12-3-2-8-27-12/h2-3,8,11H,4-7,9-10H2,1H3. The van der Waals surface area contributed by atoms with E-state index in [4.69, 9.17) is 0 Å². The lowest BCUT2D eigenvalue weighted by molar-refractivity contribution is -0.133. The molecule has 1 saturated heterocycles. The van der Waals surface area contributed by atoms with Crippen molar-refractivity contribution in [3.63, 3.8) is 0 Å². The number of hydrogen-bond donors (Lipinski definition) is 0. The summed E-state index contributed by atoms with van der Waals surface area (Å²) in [5, 5.41) is 6.64. The number of rotatable bonds is 4. The maximum atomic E-state index is 12.7. The fraction of sp³-hybridized carbons (Fsp3) is 0.412. The van der Waals surface area contributed by atoms with Crippen LogP contribution in [0.25, 0.3) is 11.0 Å². The van der Waals surface area contributed by atoms with E-state index >= 15 is 0 Å². The molecule has 0 spiro atoms. The first-order valence-electron chi connectivity index (χ1n) is 8.63. The lowest BCUT2D eigenvalue weighted by Gasteiger charge is -2.34. The number of halogens is 1. The van der Waals surface area contributed by atoms with Crippen molar-refractivity contribution < 1.29 is 4.79 Å². The minimum absolute atomic E-state index is 0.00592. The van der Waals surface area contributed by atoms with Crippen LogP contribution in [-0.2, 0) is 24.9 Å². The Kier molecular flexibility index (Phi) is 5.11. The molecule has 1 amide bonds. The van der Waals surface area contributed by atoms with Gasteiger partial charge in [0.2, 0.25) is 5.91 Å². The molecule has 0 atom stereocenters. The molecule has 0 aromatic carbocycles. The van der Waals surface area contributed by atoms with Crippen molar-refractivity contribution in [2.24, 2.45) is 7.05 Å². The van der Waals surface area contributed by atoms with E-state index in [1.165, 1.54) is 15.8 Å². The van der Waals surface area contributed by atoms with E-state index in [1.54, 1.807) is 23.1 Å². The number of carbonyl (C=O) groups is 1. The van der Waals surface area contributed by atoms with E-state index in [0.717, 1.165) is 19.6 Å². The van der Waals surface area contributed by atoms with Crippen LogP contribution in [0, 0.1) is 0 Å². The van der Waals surface area contributed by atoms with Crippen molar-refractivity contribution in [1.29, 1.82) is 0 Å². The molecule has 3 aromatic rings. The molecule has 0 N–H and O–H groups in total. The number of aromatic nitrogens is 4. The molecule has 142 valence electrons. The third-order valence-corrected chi connectivity index (χ3v) is 6.17. The van der Waals surface area contributed by atoms with Gasteiger partial charge in [0.25, 0.3) is 5.56 Å². The van der Waals surface area contributed by atoms with Crippen LogP contribution < -0.4 is 5.56 Å². The zero-order chi connectivity index (χ0) is 19.0. The van der Waals surface area contributed by atoms with Crippen LogP contribution in [0.4, 0.5) is 0 Å². The summed E-state index contributed by atoms with van der Waals surface area (Å²) in [6, 6.07) is 4.19. The average Bonchev–Trinajstić information content (AvgIpc) is 3.26. The summed E-state index contributed by atoms with van der Waals surface area (Å²) in [4.78, 5) is 35.1. The number of piperazine rings is 1. The summed E-state index contributed by atoms with van der Waals surface area (Å²) >= 11 is 5.04. The Hall–Kier alpha value is -2.04. The SMILES string of the molecule is Cn1nc(Br)c2c(=O)n(CC(=O)N3CCN(Cc4cccs4)CC3)cnc21. The van der Waals surface area contributed by atoms with Crippen LogP contribution in [0.1, 0.15) is 4.88 Å². The number of hydrogen-bond acceptors (Lipinski definition) is 6. The van der Waals surface area contributed by atoms with E-state index < -0.39 is 0 Å². The van der Waals surface area contributed by atoms with Gasteiger partial charge in [0, 0.05) is 44.6 Å². The van der Waals surface area contributed by atoms with Crippen molar-refractivity contribution in [1.82, 2.24) is 29.1 Å². The quantitative estimate of drug-likeness (QED) is 0.598. The first kappa shape index (κ1) is 18.3. The third-order valence-electron chi connectivity index (χ3n) is 4.76. The van der Waals surface area contributed by atoms with Gasteiger partial charge in [0.15, 0.2) is 5.65 Å². The van der Waals surface area contributed by atoms with E-state index in [0.29, 0.717) is 28.7 Å². The highest BCUT2D eigenvalue weighted by Crippen LogP contribution is 2.17. The van der Waals surface area contributed by atoms with Gasteiger partial charge in [-0.3, -0.25) is 19.1 Å². The molecule has 10 heteroatoms. The van der Waals surface area contributed by atoms with Gasteiger partial charge in [-0.15, -0.1) is 11.3 Å². The normalized spacial score (nSPS) is 15.6. The predicted molar refractivity (Wildman–Crippen MR) is 107 cm³/mol. The van der Waals surface area contributed by atoms with Crippen LogP contribution >= 0.6 is 27.3 Å². The Balaban J connectivity index is 1.41. The smallest absolute Gasteiger partial charge is 0.266 e. The van der Waals surface area contributed by atoms with Gasteiger partial charge < -0.3 is 4.90 Å². The fourth-order valence-electron chi connectivity index (χ4n) is 3.27. The van der Waals surface area contributed by atoms with Crippen molar-refractivity contribution in [2.45, 2.75) is 13.1 Å². The Labute approximate surface area is 168 Å².